The van der Waals surface area contributed by atoms with Gasteiger partial charge in [-0.15, -0.1) is 0 Å². The highest BCUT2D eigenvalue weighted by molar-refractivity contribution is 5.92. The Labute approximate surface area is 137 Å². The van der Waals surface area contributed by atoms with Crippen LogP contribution in [0.2, 0.25) is 0 Å². The Morgan fingerprint density at radius 1 is 0.913 bits per heavy atom. The third-order valence-corrected chi connectivity index (χ3v) is 3.62. The Balaban J connectivity index is 3.35. The summed E-state index contributed by atoms with van der Waals surface area (Å²) in [4.78, 5) is 31.6. The van der Waals surface area contributed by atoms with E-state index in [-0.39, 0.29) is 6.42 Å². The Kier molecular flexibility index (Phi) is 13.0. The van der Waals surface area contributed by atoms with Crippen molar-refractivity contribution in [2.45, 2.75) is 64.7 Å². The van der Waals surface area contributed by atoms with Gasteiger partial charge in [0.05, 0.1) is 6.61 Å². The van der Waals surface area contributed by atoms with Gasteiger partial charge in [-0.05, 0) is 19.8 Å². The first-order valence-corrected chi connectivity index (χ1v) is 8.23. The lowest BCUT2D eigenvalue weighted by atomic mass is 10.0. The van der Waals surface area contributed by atoms with Gasteiger partial charge in [0.25, 0.3) is 0 Å². The fourth-order valence-electron chi connectivity index (χ4n) is 2.22. The number of ether oxygens (including phenoxy) is 1. The van der Waals surface area contributed by atoms with E-state index in [1.807, 2.05) is 0 Å². The molecule has 0 radical (unpaired) electrons. The van der Waals surface area contributed by atoms with Gasteiger partial charge in [-0.1, -0.05) is 44.9 Å². The summed E-state index contributed by atoms with van der Waals surface area (Å²) in [5.41, 5.74) is 0.582. The fraction of sp³-hybridized carbons (Fsp3) is 0.765. The Morgan fingerprint density at radius 3 is 1.87 bits per heavy atom. The lowest BCUT2D eigenvalue weighted by Gasteiger charge is -2.07. The standard InChI is InChI=1S/C17H28O6/c1-14(12-18)13-23-11-9-7-5-3-2-4-6-8-10-15(16(19)20)17(21)22/h15H,2-11,13H2,1H3,(H,19,20)(H,21,22). The lowest BCUT2D eigenvalue weighted by molar-refractivity contribution is -0.154. The first kappa shape index (κ1) is 21.4. The molecule has 0 fully saturated rings. The summed E-state index contributed by atoms with van der Waals surface area (Å²) in [6.45, 7) is 2.71. The molecular weight excluding hydrogens is 300 g/mol. The molecule has 0 aromatic rings. The molecule has 0 saturated heterocycles. The maximum atomic E-state index is 10.7. The second-order valence-electron chi connectivity index (χ2n) is 5.78. The molecule has 6 heteroatoms. The molecule has 23 heavy (non-hydrogen) atoms. The minimum Gasteiger partial charge on any atom is -0.481 e. The van der Waals surface area contributed by atoms with E-state index < -0.39 is 17.9 Å². The third kappa shape index (κ3) is 12.6. The van der Waals surface area contributed by atoms with Crippen LogP contribution in [0.15, 0.2) is 5.57 Å². The molecule has 0 heterocycles. The first-order valence-electron chi connectivity index (χ1n) is 8.23. The first-order chi connectivity index (χ1) is 11.0. The highest BCUT2D eigenvalue weighted by atomic mass is 16.5. The summed E-state index contributed by atoms with van der Waals surface area (Å²) in [5.74, 6) is -1.98. The van der Waals surface area contributed by atoms with Gasteiger partial charge in [-0.25, -0.2) is 4.79 Å². The number of hydrogen-bond acceptors (Lipinski definition) is 4. The number of hydrogen-bond donors (Lipinski definition) is 2. The smallest absolute Gasteiger partial charge is 0.317 e. The predicted molar refractivity (Wildman–Crippen MR) is 86.0 cm³/mol. The van der Waals surface area contributed by atoms with E-state index in [4.69, 9.17) is 14.9 Å². The maximum absolute atomic E-state index is 10.7. The van der Waals surface area contributed by atoms with Gasteiger partial charge in [0.1, 0.15) is 5.94 Å². The fourth-order valence-corrected chi connectivity index (χ4v) is 2.22. The summed E-state index contributed by atoms with van der Waals surface area (Å²) >= 11 is 0. The van der Waals surface area contributed by atoms with Gasteiger partial charge < -0.3 is 14.9 Å². The van der Waals surface area contributed by atoms with Crippen LogP contribution in [0.4, 0.5) is 0 Å². The van der Waals surface area contributed by atoms with Crippen LogP contribution >= 0.6 is 0 Å². The SMILES string of the molecule is CC(=C=O)COCCCCCCCCCCC(C(=O)O)C(=O)O. The highest BCUT2D eigenvalue weighted by Gasteiger charge is 2.24. The molecule has 0 unspecified atom stereocenters. The van der Waals surface area contributed by atoms with E-state index in [1.54, 1.807) is 12.9 Å². The summed E-state index contributed by atoms with van der Waals surface area (Å²) < 4.78 is 5.31. The van der Waals surface area contributed by atoms with Crippen LogP contribution in [-0.2, 0) is 19.1 Å². The monoisotopic (exact) mass is 328 g/mol. The minimum atomic E-state index is -1.27. The number of carbonyl (C=O) groups excluding carboxylic acids is 1. The molecule has 0 spiro atoms. The number of carboxylic acids is 2. The predicted octanol–water partition coefficient (Wildman–Crippen LogP) is 3.08. The summed E-state index contributed by atoms with van der Waals surface area (Å²) in [6.07, 6.45) is 8.11. The van der Waals surface area contributed by atoms with Crippen molar-refractivity contribution in [1.29, 1.82) is 0 Å². The third-order valence-electron chi connectivity index (χ3n) is 3.62. The molecule has 0 bridgehead atoms. The zero-order valence-electron chi connectivity index (χ0n) is 13.9. The normalized spacial score (nSPS) is 10.5. The quantitative estimate of drug-likeness (QED) is 0.272. The lowest BCUT2D eigenvalue weighted by Crippen LogP contribution is -2.23. The van der Waals surface area contributed by atoms with Crippen LogP contribution < -0.4 is 0 Å². The summed E-state index contributed by atoms with van der Waals surface area (Å²) in [6, 6.07) is 0. The van der Waals surface area contributed by atoms with Crippen LogP contribution in [0.5, 0.6) is 0 Å². The molecule has 0 aliphatic rings. The average molecular weight is 328 g/mol. The van der Waals surface area contributed by atoms with Gasteiger partial charge in [0, 0.05) is 12.2 Å². The zero-order chi connectivity index (χ0) is 17.5. The van der Waals surface area contributed by atoms with Crippen LogP contribution in [0.3, 0.4) is 0 Å². The molecule has 0 aliphatic heterocycles. The number of unbranched alkanes of at least 4 members (excludes halogenated alkanes) is 7. The Hall–Kier alpha value is -1.65. The number of carboxylic acid groups (broad SMARTS) is 2. The maximum Gasteiger partial charge on any atom is 0.317 e. The summed E-state index contributed by atoms with van der Waals surface area (Å²) in [5, 5.41) is 17.5. The molecular formula is C17H28O6. The molecule has 0 rings (SSSR count). The molecule has 0 aromatic heterocycles. The largest absolute Gasteiger partial charge is 0.481 e. The molecule has 0 amide bonds. The number of rotatable bonds is 15. The Bertz CT molecular complexity index is 384. The van der Waals surface area contributed by atoms with Gasteiger partial charge in [0.15, 0.2) is 5.92 Å². The molecule has 0 atom stereocenters. The van der Waals surface area contributed by atoms with Gasteiger partial charge in [-0.3, -0.25) is 9.59 Å². The van der Waals surface area contributed by atoms with Gasteiger partial charge in [0.2, 0.25) is 0 Å². The van der Waals surface area contributed by atoms with Crippen molar-refractivity contribution in [2.24, 2.45) is 5.92 Å². The minimum absolute atomic E-state index is 0.205. The second-order valence-corrected chi connectivity index (χ2v) is 5.78. The molecule has 0 saturated carbocycles. The van der Waals surface area contributed by atoms with Crippen molar-refractivity contribution < 1.29 is 29.3 Å². The Morgan fingerprint density at radius 2 is 1.39 bits per heavy atom. The molecule has 6 nitrogen and oxygen atoms in total. The van der Waals surface area contributed by atoms with Gasteiger partial charge >= 0.3 is 11.9 Å². The van der Waals surface area contributed by atoms with E-state index in [9.17, 15) is 14.4 Å². The van der Waals surface area contributed by atoms with E-state index in [0.29, 0.717) is 25.2 Å². The van der Waals surface area contributed by atoms with Crippen LogP contribution in [-0.4, -0.2) is 41.3 Å². The number of aliphatic carboxylic acids is 2. The van der Waals surface area contributed by atoms with Crippen LogP contribution in [0.1, 0.15) is 64.7 Å². The zero-order valence-corrected chi connectivity index (χ0v) is 13.9. The van der Waals surface area contributed by atoms with Crippen LogP contribution in [0, 0.1) is 5.92 Å². The molecule has 0 aliphatic carbocycles. The van der Waals surface area contributed by atoms with Crippen molar-refractivity contribution in [3.63, 3.8) is 0 Å². The second kappa shape index (κ2) is 14.0. The average Bonchev–Trinajstić information content (AvgIpc) is 2.50. The van der Waals surface area contributed by atoms with Crippen molar-refractivity contribution in [3.8, 4) is 0 Å². The van der Waals surface area contributed by atoms with E-state index in [1.165, 1.54) is 0 Å². The van der Waals surface area contributed by atoms with Crippen molar-refractivity contribution >= 4 is 17.9 Å². The molecule has 2 N–H and O–H groups in total. The molecule has 132 valence electrons. The van der Waals surface area contributed by atoms with E-state index in [0.717, 1.165) is 44.9 Å². The van der Waals surface area contributed by atoms with Crippen molar-refractivity contribution in [1.82, 2.24) is 0 Å². The topological polar surface area (TPSA) is 101 Å². The molecule has 0 aromatic carbocycles. The summed E-state index contributed by atoms with van der Waals surface area (Å²) in [7, 11) is 0. The van der Waals surface area contributed by atoms with Gasteiger partial charge in [-0.2, -0.15) is 0 Å². The van der Waals surface area contributed by atoms with Crippen LogP contribution in [0.25, 0.3) is 0 Å². The highest BCUT2D eigenvalue weighted by Crippen LogP contribution is 2.14. The van der Waals surface area contributed by atoms with Crippen molar-refractivity contribution in [2.75, 3.05) is 13.2 Å². The number of carbonyl (C=O) groups is 2. The van der Waals surface area contributed by atoms with E-state index in [2.05, 4.69) is 0 Å². The van der Waals surface area contributed by atoms with Crippen molar-refractivity contribution in [3.05, 3.63) is 5.57 Å². The van der Waals surface area contributed by atoms with E-state index >= 15 is 0 Å².